The number of ether oxygens (including phenoxy) is 2. The van der Waals surface area contributed by atoms with Crippen LogP contribution >= 0.6 is 11.3 Å². The predicted octanol–water partition coefficient (Wildman–Crippen LogP) is 4.95. The highest BCUT2D eigenvalue weighted by atomic mass is 32.1. The molecule has 3 rings (SSSR count). The summed E-state index contributed by atoms with van der Waals surface area (Å²) in [5, 5.41) is 13.2. The molecule has 1 heterocycles. The van der Waals surface area contributed by atoms with Gasteiger partial charge in [-0.05, 0) is 55.0 Å². The van der Waals surface area contributed by atoms with Gasteiger partial charge in [-0.25, -0.2) is 0 Å². The van der Waals surface area contributed by atoms with Crippen LogP contribution in [0.3, 0.4) is 0 Å². The van der Waals surface area contributed by atoms with E-state index in [0.717, 1.165) is 36.8 Å². The molecule has 1 aromatic carbocycles. The zero-order valence-electron chi connectivity index (χ0n) is 16.2. The lowest BCUT2D eigenvalue weighted by Gasteiger charge is -2.08. The van der Waals surface area contributed by atoms with Gasteiger partial charge in [0.2, 0.25) is 5.91 Å². The van der Waals surface area contributed by atoms with E-state index in [0.29, 0.717) is 22.1 Å². The van der Waals surface area contributed by atoms with E-state index < -0.39 is 0 Å². The highest BCUT2D eigenvalue weighted by molar-refractivity contribution is 7.16. The van der Waals surface area contributed by atoms with Crippen molar-refractivity contribution in [2.24, 2.45) is 0 Å². The second-order valence-corrected chi connectivity index (χ2v) is 7.78. The fourth-order valence-electron chi connectivity index (χ4n) is 3.41. The molecule has 2 aromatic rings. The van der Waals surface area contributed by atoms with E-state index in [2.05, 4.69) is 11.4 Å². The van der Waals surface area contributed by atoms with Crippen LogP contribution in [0.1, 0.15) is 47.3 Å². The summed E-state index contributed by atoms with van der Waals surface area (Å²) in [4.78, 5) is 13.7. The Hall–Kier alpha value is -2.78. The molecule has 146 valence electrons. The van der Waals surface area contributed by atoms with Gasteiger partial charge in [-0.3, -0.25) is 4.79 Å². The van der Waals surface area contributed by atoms with Crippen molar-refractivity contribution in [3.05, 3.63) is 45.8 Å². The van der Waals surface area contributed by atoms with E-state index in [-0.39, 0.29) is 5.91 Å². The Labute approximate surface area is 169 Å². The molecule has 28 heavy (non-hydrogen) atoms. The summed E-state index contributed by atoms with van der Waals surface area (Å²) >= 11 is 1.55. The Morgan fingerprint density at radius 2 is 1.89 bits per heavy atom. The van der Waals surface area contributed by atoms with Crippen molar-refractivity contribution in [2.45, 2.75) is 38.5 Å². The Balaban J connectivity index is 1.75. The average molecular weight is 397 g/mol. The number of methoxy groups -OCH3 is 2. The average Bonchev–Trinajstić information content (AvgIpc) is 3.01. The number of nitrogens with zero attached hydrogens (tertiary/aromatic N) is 1. The van der Waals surface area contributed by atoms with E-state index in [1.807, 2.05) is 6.07 Å². The molecule has 0 saturated heterocycles. The second kappa shape index (κ2) is 9.43. The van der Waals surface area contributed by atoms with Gasteiger partial charge < -0.3 is 14.8 Å². The fourth-order valence-corrected chi connectivity index (χ4v) is 4.65. The molecule has 0 saturated carbocycles. The molecule has 1 amide bonds. The summed E-state index contributed by atoms with van der Waals surface area (Å²) in [6.45, 7) is 0. The monoisotopic (exact) mass is 396 g/mol. The number of rotatable bonds is 5. The van der Waals surface area contributed by atoms with Crippen LogP contribution in [0.4, 0.5) is 5.00 Å². The van der Waals surface area contributed by atoms with Gasteiger partial charge in [0.15, 0.2) is 11.5 Å². The quantitative estimate of drug-likeness (QED) is 0.726. The summed E-state index contributed by atoms with van der Waals surface area (Å²) in [7, 11) is 3.16. The van der Waals surface area contributed by atoms with Crippen LogP contribution < -0.4 is 14.8 Å². The van der Waals surface area contributed by atoms with Crippen molar-refractivity contribution < 1.29 is 14.3 Å². The number of thiophene rings is 1. The first-order chi connectivity index (χ1) is 13.7. The van der Waals surface area contributed by atoms with Gasteiger partial charge in [0, 0.05) is 11.0 Å². The third kappa shape index (κ3) is 4.55. The number of hydrogen-bond acceptors (Lipinski definition) is 5. The second-order valence-electron chi connectivity index (χ2n) is 6.67. The summed E-state index contributed by atoms with van der Waals surface area (Å²) in [6.07, 6.45) is 9.78. The van der Waals surface area contributed by atoms with Gasteiger partial charge in [-0.1, -0.05) is 18.9 Å². The van der Waals surface area contributed by atoms with Crippen LogP contribution in [-0.4, -0.2) is 20.1 Å². The van der Waals surface area contributed by atoms with Crippen LogP contribution in [0.5, 0.6) is 11.5 Å². The van der Waals surface area contributed by atoms with Crippen molar-refractivity contribution in [2.75, 3.05) is 19.5 Å². The van der Waals surface area contributed by atoms with Crippen LogP contribution in [0.2, 0.25) is 0 Å². The molecule has 0 spiro atoms. The molecule has 0 aliphatic heterocycles. The summed E-state index contributed by atoms with van der Waals surface area (Å²) in [5.41, 5.74) is 2.59. The van der Waals surface area contributed by atoms with Gasteiger partial charge >= 0.3 is 0 Å². The van der Waals surface area contributed by atoms with Crippen molar-refractivity contribution in [3.8, 4) is 17.6 Å². The summed E-state index contributed by atoms with van der Waals surface area (Å²) in [6, 6.07) is 7.75. The smallest absolute Gasteiger partial charge is 0.249 e. The number of anilines is 1. The van der Waals surface area contributed by atoms with E-state index in [9.17, 15) is 10.1 Å². The SMILES string of the molecule is COc1ccc(C=CC(=O)Nc2sc3c(c2C#N)CCCCCC3)cc1OC. The molecule has 5 nitrogen and oxygen atoms in total. The van der Waals surface area contributed by atoms with Gasteiger partial charge in [0.25, 0.3) is 0 Å². The lowest BCUT2D eigenvalue weighted by molar-refractivity contribution is -0.111. The minimum atomic E-state index is -0.250. The highest BCUT2D eigenvalue weighted by Gasteiger charge is 2.19. The molecule has 0 bridgehead atoms. The summed E-state index contributed by atoms with van der Waals surface area (Å²) < 4.78 is 10.5. The molecule has 0 unspecified atom stereocenters. The van der Waals surface area contributed by atoms with E-state index >= 15 is 0 Å². The molecule has 1 aliphatic carbocycles. The number of benzene rings is 1. The normalized spacial score (nSPS) is 13.9. The first-order valence-corrected chi connectivity index (χ1v) is 10.2. The van der Waals surface area contributed by atoms with Crippen LogP contribution in [0, 0.1) is 11.3 Å². The standard InChI is InChI=1S/C22H24N2O3S/c1-26-18-11-9-15(13-19(18)27-2)10-12-21(25)24-22-17(14-23)16-7-5-3-4-6-8-20(16)28-22/h9-13H,3-8H2,1-2H3,(H,24,25). The number of carbonyl (C=O) groups is 1. The van der Waals surface area contributed by atoms with Crippen LogP contribution in [-0.2, 0) is 17.6 Å². The number of fused-ring (bicyclic) bond motifs is 1. The molecule has 1 aromatic heterocycles. The minimum absolute atomic E-state index is 0.250. The topological polar surface area (TPSA) is 71.3 Å². The summed E-state index contributed by atoms with van der Waals surface area (Å²) in [5.74, 6) is 0.995. The Bertz CT molecular complexity index is 925. The van der Waals surface area contributed by atoms with Crippen molar-refractivity contribution in [1.29, 1.82) is 5.26 Å². The van der Waals surface area contributed by atoms with Crippen LogP contribution in [0.25, 0.3) is 6.08 Å². The van der Waals surface area contributed by atoms with Gasteiger partial charge in [-0.15, -0.1) is 11.3 Å². The predicted molar refractivity (Wildman–Crippen MR) is 112 cm³/mol. The lowest BCUT2D eigenvalue weighted by Crippen LogP contribution is -2.07. The molecule has 0 fully saturated rings. The Morgan fingerprint density at radius 3 is 2.61 bits per heavy atom. The number of amides is 1. The first kappa shape index (κ1) is 20.0. The minimum Gasteiger partial charge on any atom is -0.493 e. The van der Waals surface area contributed by atoms with Crippen molar-refractivity contribution in [3.63, 3.8) is 0 Å². The zero-order chi connectivity index (χ0) is 19.9. The molecule has 0 atom stereocenters. The number of hydrogen-bond donors (Lipinski definition) is 1. The molecule has 6 heteroatoms. The molecular formula is C22H24N2O3S. The maximum atomic E-state index is 12.4. The molecular weight excluding hydrogens is 372 g/mol. The fraction of sp³-hybridized carbons (Fsp3) is 0.364. The number of aryl methyl sites for hydroxylation is 1. The van der Waals surface area contributed by atoms with Gasteiger partial charge in [-0.2, -0.15) is 5.26 Å². The largest absolute Gasteiger partial charge is 0.493 e. The molecule has 1 N–H and O–H groups in total. The number of nitriles is 1. The Morgan fingerprint density at radius 1 is 1.14 bits per heavy atom. The molecule has 1 aliphatic rings. The third-order valence-electron chi connectivity index (χ3n) is 4.85. The van der Waals surface area contributed by atoms with Crippen LogP contribution in [0.15, 0.2) is 24.3 Å². The first-order valence-electron chi connectivity index (χ1n) is 9.42. The maximum Gasteiger partial charge on any atom is 0.249 e. The van der Waals surface area contributed by atoms with Gasteiger partial charge in [0.05, 0.1) is 19.8 Å². The molecule has 0 radical (unpaired) electrons. The van der Waals surface area contributed by atoms with Crippen molar-refractivity contribution in [1.82, 2.24) is 0 Å². The van der Waals surface area contributed by atoms with Gasteiger partial charge in [0.1, 0.15) is 11.1 Å². The van der Waals surface area contributed by atoms with Crippen molar-refractivity contribution >= 4 is 28.3 Å². The van der Waals surface area contributed by atoms with E-state index in [1.54, 1.807) is 43.8 Å². The number of nitrogens with one attached hydrogen (secondary N) is 1. The van der Waals surface area contributed by atoms with E-state index in [1.165, 1.54) is 23.8 Å². The maximum absolute atomic E-state index is 12.4. The van der Waals surface area contributed by atoms with E-state index in [4.69, 9.17) is 9.47 Å². The zero-order valence-corrected chi connectivity index (χ0v) is 17.0. The Kier molecular flexibility index (Phi) is 6.72. The lowest BCUT2D eigenvalue weighted by atomic mass is 9.97. The third-order valence-corrected chi connectivity index (χ3v) is 6.06. The number of carbonyl (C=O) groups excluding carboxylic acids is 1. The highest BCUT2D eigenvalue weighted by Crippen LogP contribution is 2.36.